The molecule has 3 rings (SSSR count). The Balaban J connectivity index is 1.85. The molecule has 0 aromatic carbocycles. The summed E-state index contributed by atoms with van der Waals surface area (Å²) in [5, 5.41) is 0. The third-order valence-electron chi connectivity index (χ3n) is 2.61. The van der Waals surface area contributed by atoms with Gasteiger partial charge in [0, 0.05) is 18.9 Å². The minimum atomic E-state index is 0.454. The van der Waals surface area contributed by atoms with Crippen molar-refractivity contribution >= 4 is 5.82 Å². The molecule has 2 fully saturated rings. The first-order valence-electron chi connectivity index (χ1n) is 4.59. The standard InChI is InChI=1S/C9H11N3O/c1-2-11-9(6-10-1)12-3-4-13-8-5-7(8)12/h1-2,6-8H,3-5H2. The zero-order chi connectivity index (χ0) is 8.67. The molecule has 0 N–H and O–H groups in total. The average molecular weight is 177 g/mol. The van der Waals surface area contributed by atoms with Crippen molar-refractivity contribution in [1.29, 1.82) is 0 Å². The number of rotatable bonds is 1. The van der Waals surface area contributed by atoms with Crippen LogP contribution in [0, 0.1) is 0 Å². The van der Waals surface area contributed by atoms with Gasteiger partial charge in [-0.15, -0.1) is 0 Å². The van der Waals surface area contributed by atoms with Crippen LogP contribution in [0.5, 0.6) is 0 Å². The number of aromatic nitrogens is 2. The molecule has 4 heteroatoms. The van der Waals surface area contributed by atoms with Crippen LogP contribution in [0.25, 0.3) is 0 Å². The monoisotopic (exact) mass is 177 g/mol. The van der Waals surface area contributed by atoms with Gasteiger partial charge >= 0.3 is 0 Å². The van der Waals surface area contributed by atoms with Crippen LogP contribution in [-0.4, -0.2) is 35.3 Å². The molecule has 1 aromatic heterocycles. The Morgan fingerprint density at radius 3 is 3.31 bits per heavy atom. The van der Waals surface area contributed by atoms with Crippen molar-refractivity contribution < 1.29 is 4.74 Å². The molecular weight excluding hydrogens is 166 g/mol. The lowest BCUT2D eigenvalue weighted by Crippen LogP contribution is -2.37. The summed E-state index contributed by atoms with van der Waals surface area (Å²) in [7, 11) is 0. The summed E-state index contributed by atoms with van der Waals surface area (Å²) in [6.07, 6.45) is 6.86. The highest BCUT2D eigenvalue weighted by Crippen LogP contribution is 2.36. The molecule has 1 saturated carbocycles. The highest BCUT2D eigenvalue weighted by atomic mass is 16.5. The molecule has 2 atom stereocenters. The topological polar surface area (TPSA) is 38.2 Å². The summed E-state index contributed by atoms with van der Waals surface area (Å²) in [4.78, 5) is 10.6. The van der Waals surface area contributed by atoms with E-state index in [4.69, 9.17) is 4.74 Å². The number of nitrogens with zero attached hydrogens (tertiary/aromatic N) is 3. The number of ether oxygens (including phenoxy) is 1. The molecule has 0 amide bonds. The lowest BCUT2D eigenvalue weighted by atomic mass is 10.4. The second kappa shape index (κ2) is 2.67. The van der Waals surface area contributed by atoms with Crippen LogP contribution in [-0.2, 0) is 4.74 Å². The highest BCUT2D eigenvalue weighted by Gasteiger charge is 2.46. The van der Waals surface area contributed by atoms with E-state index in [-0.39, 0.29) is 0 Å². The van der Waals surface area contributed by atoms with E-state index in [1.807, 2.05) is 6.20 Å². The fourth-order valence-electron chi connectivity index (χ4n) is 1.86. The fraction of sp³-hybridized carbons (Fsp3) is 0.556. The van der Waals surface area contributed by atoms with Gasteiger partial charge in [0.25, 0.3) is 0 Å². The Hall–Kier alpha value is -1.16. The maximum Gasteiger partial charge on any atom is 0.147 e. The summed E-state index contributed by atoms with van der Waals surface area (Å²) < 4.78 is 5.51. The molecule has 1 aromatic rings. The predicted molar refractivity (Wildman–Crippen MR) is 47.5 cm³/mol. The molecule has 0 spiro atoms. The molecule has 1 saturated heterocycles. The van der Waals surface area contributed by atoms with Crippen LogP contribution >= 0.6 is 0 Å². The van der Waals surface area contributed by atoms with Crippen LogP contribution in [0.4, 0.5) is 5.82 Å². The van der Waals surface area contributed by atoms with Gasteiger partial charge in [0.15, 0.2) is 0 Å². The summed E-state index contributed by atoms with van der Waals surface area (Å²) in [5.74, 6) is 0.985. The van der Waals surface area contributed by atoms with Gasteiger partial charge in [-0.2, -0.15) is 0 Å². The molecule has 13 heavy (non-hydrogen) atoms. The first-order chi connectivity index (χ1) is 6.45. The third kappa shape index (κ3) is 1.18. The number of morpholine rings is 1. The molecule has 2 aliphatic rings. The first kappa shape index (κ1) is 7.26. The van der Waals surface area contributed by atoms with Crippen LogP contribution in [0.3, 0.4) is 0 Å². The van der Waals surface area contributed by atoms with Gasteiger partial charge in [0.05, 0.1) is 24.9 Å². The Morgan fingerprint density at radius 1 is 1.46 bits per heavy atom. The lowest BCUT2D eigenvalue weighted by Gasteiger charge is -2.27. The van der Waals surface area contributed by atoms with Crippen molar-refractivity contribution in [3.05, 3.63) is 18.6 Å². The average Bonchev–Trinajstić information content (AvgIpc) is 2.97. The zero-order valence-electron chi connectivity index (χ0n) is 7.26. The highest BCUT2D eigenvalue weighted by molar-refractivity contribution is 5.40. The van der Waals surface area contributed by atoms with Crippen LogP contribution < -0.4 is 4.90 Å². The van der Waals surface area contributed by atoms with Gasteiger partial charge < -0.3 is 9.64 Å². The van der Waals surface area contributed by atoms with Gasteiger partial charge in [0.2, 0.25) is 0 Å². The molecule has 2 unspecified atom stereocenters. The largest absolute Gasteiger partial charge is 0.374 e. The normalized spacial score (nSPS) is 31.2. The van der Waals surface area contributed by atoms with Gasteiger partial charge in [0.1, 0.15) is 5.82 Å². The van der Waals surface area contributed by atoms with E-state index in [0.29, 0.717) is 12.1 Å². The predicted octanol–water partition coefficient (Wildman–Crippen LogP) is 0.454. The zero-order valence-corrected chi connectivity index (χ0v) is 7.26. The lowest BCUT2D eigenvalue weighted by molar-refractivity contribution is 0.103. The van der Waals surface area contributed by atoms with Crippen molar-refractivity contribution in [3.8, 4) is 0 Å². The van der Waals surface area contributed by atoms with Crippen molar-refractivity contribution in [2.24, 2.45) is 0 Å². The summed E-state index contributed by atoms with van der Waals surface area (Å²) in [5.41, 5.74) is 0. The maximum absolute atomic E-state index is 5.51. The smallest absolute Gasteiger partial charge is 0.147 e. The van der Waals surface area contributed by atoms with Crippen LogP contribution in [0.15, 0.2) is 18.6 Å². The number of anilines is 1. The molecular formula is C9H11N3O. The third-order valence-corrected chi connectivity index (χ3v) is 2.61. The van der Waals surface area contributed by atoms with E-state index < -0.39 is 0 Å². The number of fused-ring (bicyclic) bond motifs is 1. The van der Waals surface area contributed by atoms with E-state index in [2.05, 4.69) is 14.9 Å². The summed E-state index contributed by atoms with van der Waals surface area (Å²) in [6, 6.07) is 0.561. The van der Waals surface area contributed by atoms with Crippen LogP contribution in [0.2, 0.25) is 0 Å². The van der Waals surface area contributed by atoms with E-state index in [1.54, 1.807) is 12.4 Å². The van der Waals surface area contributed by atoms with Crippen molar-refractivity contribution in [3.63, 3.8) is 0 Å². The van der Waals surface area contributed by atoms with Crippen molar-refractivity contribution in [1.82, 2.24) is 9.97 Å². The first-order valence-corrected chi connectivity index (χ1v) is 4.59. The molecule has 1 aliphatic heterocycles. The second-order valence-electron chi connectivity index (χ2n) is 3.47. The minimum absolute atomic E-state index is 0.454. The number of hydrogen-bond donors (Lipinski definition) is 0. The Labute approximate surface area is 76.6 Å². The van der Waals surface area contributed by atoms with E-state index in [0.717, 1.165) is 25.4 Å². The van der Waals surface area contributed by atoms with Gasteiger partial charge in [-0.05, 0) is 6.42 Å². The van der Waals surface area contributed by atoms with E-state index in [9.17, 15) is 0 Å². The fourth-order valence-corrected chi connectivity index (χ4v) is 1.86. The second-order valence-corrected chi connectivity index (χ2v) is 3.47. The maximum atomic E-state index is 5.51. The molecule has 68 valence electrons. The van der Waals surface area contributed by atoms with Gasteiger partial charge in [-0.25, -0.2) is 4.98 Å². The quantitative estimate of drug-likeness (QED) is 0.624. The summed E-state index contributed by atoms with van der Waals surface area (Å²) >= 11 is 0. The molecule has 4 nitrogen and oxygen atoms in total. The minimum Gasteiger partial charge on any atom is -0.374 e. The van der Waals surface area contributed by atoms with E-state index in [1.165, 1.54) is 0 Å². The van der Waals surface area contributed by atoms with Crippen LogP contribution in [0.1, 0.15) is 6.42 Å². The molecule has 2 heterocycles. The number of hydrogen-bond acceptors (Lipinski definition) is 4. The van der Waals surface area contributed by atoms with Crippen molar-refractivity contribution in [2.45, 2.75) is 18.6 Å². The Bertz CT molecular complexity index is 303. The molecule has 1 aliphatic carbocycles. The van der Waals surface area contributed by atoms with Gasteiger partial charge in [-0.1, -0.05) is 0 Å². The SMILES string of the molecule is c1cnc(N2CCOC3CC32)cn1. The Kier molecular flexibility index (Phi) is 1.49. The molecule has 0 radical (unpaired) electrons. The van der Waals surface area contributed by atoms with Gasteiger partial charge in [-0.3, -0.25) is 4.98 Å². The molecule has 0 bridgehead atoms. The Morgan fingerprint density at radius 2 is 2.46 bits per heavy atom. The van der Waals surface area contributed by atoms with E-state index >= 15 is 0 Å². The van der Waals surface area contributed by atoms with Crippen molar-refractivity contribution in [2.75, 3.05) is 18.1 Å². The summed E-state index contributed by atoms with van der Waals surface area (Å²) in [6.45, 7) is 1.76.